The van der Waals surface area contributed by atoms with Crippen LogP contribution in [0.15, 0.2) is 0 Å². The molecule has 0 aliphatic rings. The summed E-state index contributed by atoms with van der Waals surface area (Å²) >= 11 is 0. The molecular formula is C9H24O4Si3. The van der Waals surface area contributed by atoms with Crippen molar-refractivity contribution in [3.05, 3.63) is 0 Å². The highest BCUT2D eigenvalue weighted by Crippen LogP contribution is 2.23. The van der Waals surface area contributed by atoms with Crippen LogP contribution < -0.4 is 0 Å². The van der Waals surface area contributed by atoms with E-state index in [-0.39, 0.29) is 0 Å². The molecule has 7 heteroatoms. The van der Waals surface area contributed by atoms with E-state index < -0.39 is 37.6 Å². The van der Waals surface area contributed by atoms with Crippen molar-refractivity contribution in [2.75, 3.05) is 0 Å². The fraction of sp³-hybridized carbons (Fsp3) is 0.889. The second-order valence-electron chi connectivity index (χ2n) is 5.54. The van der Waals surface area contributed by atoms with Gasteiger partial charge in [-0.25, -0.2) is 0 Å². The molecule has 0 aromatic heterocycles. The van der Waals surface area contributed by atoms with E-state index in [1.165, 1.54) is 0 Å². The van der Waals surface area contributed by atoms with Gasteiger partial charge >= 0.3 is 14.5 Å². The smallest absolute Gasteiger partial charge is 0.384 e. The Morgan fingerprint density at radius 2 is 1.69 bits per heavy atom. The minimum Gasteiger partial charge on any atom is -0.493 e. The summed E-state index contributed by atoms with van der Waals surface area (Å²) in [6.45, 7) is 13.0. The molecule has 4 nitrogen and oxygen atoms in total. The number of hydrogen-bond donors (Lipinski definition) is 1. The van der Waals surface area contributed by atoms with Crippen molar-refractivity contribution in [2.24, 2.45) is 0 Å². The topological polar surface area (TPSA) is 55.8 Å². The molecule has 1 N–H and O–H groups in total. The largest absolute Gasteiger partial charge is 0.493 e. The standard InChI is InChI=1S/C9H24O4Si3/c1-9(11,15(3,4)5)8(10)12-16(6,7)13-14-2/h11H,14H2,1-7H3. The van der Waals surface area contributed by atoms with Crippen molar-refractivity contribution in [2.45, 2.75) is 51.4 Å². The van der Waals surface area contributed by atoms with Crippen molar-refractivity contribution in [1.29, 1.82) is 0 Å². The Morgan fingerprint density at radius 3 is 2.00 bits per heavy atom. The van der Waals surface area contributed by atoms with Gasteiger partial charge in [-0.1, -0.05) is 26.2 Å². The van der Waals surface area contributed by atoms with Gasteiger partial charge in [0.05, 0.1) is 8.07 Å². The Kier molecular flexibility index (Phi) is 5.14. The van der Waals surface area contributed by atoms with Gasteiger partial charge < -0.3 is 13.6 Å². The van der Waals surface area contributed by atoms with Crippen molar-refractivity contribution < 1.29 is 18.4 Å². The molecule has 0 aromatic carbocycles. The van der Waals surface area contributed by atoms with E-state index in [0.29, 0.717) is 0 Å². The summed E-state index contributed by atoms with van der Waals surface area (Å²) in [5, 5.41) is 8.86. The molecule has 0 heterocycles. The van der Waals surface area contributed by atoms with Gasteiger partial charge in [-0.05, 0) is 20.0 Å². The average molecular weight is 281 g/mol. The van der Waals surface area contributed by atoms with Crippen molar-refractivity contribution in [3.63, 3.8) is 0 Å². The quantitative estimate of drug-likeness (QED) is 0.764. The summed E-state index contributed by atoms with van der Waals surface area (Å²) in [6, 6.07) is 0. The first-order valence-electron chi connectivity index (χ1n) is 5.54. The Hall–Kier alpha value is 0.0406. The highest BCUT2D eigenvalue weighted by atomic mass is 28.4. The third-order valence-electron chi connectivity index (χ3n) is 2.69. The minimum atomic E-state index is -2.38. The predicted octanol–water partition coefficient (Wildman–Crippen LogP) is 1.01. The van der Waals surface area contributed by atoms with Gasteiger partial charge in [0.1, 0.15) is 15.0 Å². The monoisotopic (exact) mass is 280 g/mol. The summed E-state index contributed by atoms with van der Waals surface area (Å²) in [6.07, 6.45) is 0. The maximum absolute atomic E-state index is 11.9. The van der Waals surface area contributed by atoms with Gasteiger partial charge in [0.25, 0.3) is 0 Å². The van der Waals surface area contributed by atoms with E-state index in [4.69, 9.17) is 8.54 Å². The molecule has 96 valence electrons. The lowest BCUT2D eigenvalue weighted by atomic mass is 10.4. The molecule has 1 atom stereocenters. The Labute approximate surface area is 103 Å². The maximum Gasteiger partial charge on any atom is 0.384 e. The molecule has 0 aromatic rings. The zero-order valence-electron chi connectivity index (χ0n) is 11.4. The van der Waals surface area contributed by atoms with Crippen LogP contribution in [0.5, 0.6) is 0 Å². The van der Waals surface area contributed by atoms with Crippen molar-refractivity contribution >= 4 is 32.4 Å². The summed E-state index contributed by atoms with van der Waals surface area (Å²) in [5.74, 6) is -0.522. The van der Waals surface area contributed by atoms with Crippen molar-refractivity contribution in [1.82, 2.24) is 0 Å². The van der Waals surface area contributed by atoms with Crippen LogP contribution in [0.25, 0.3) is 0 Å². The van der Waals surface area contributed by atoms with Crippen LogP contribution in [0.2, 0.25) is 39.3 Å². The number of hydrogen-bond acceptors (Lipinski definition) is 4. The molecule has 0 aliphatic carbocycles. The molecule has 0 saturated carbocycles. The van der Waals surface area contributed by atoms with Crippen LogP contribution in [0, 0.1) is 0 Å². The molecule has 0 amide bonds. The molecule has 0 aliphatic heterocycles. The molecule has 0 rings (SSSR count). The van der Waals surface area contributed by atoms with Crippen LogP contribution in [0.1, 0.15) is 6.92 Å². The zero-order valence-corrected chi connectivity index (χ0v) is 14.8. The average Bonchev–Trinajstić information content (AvgIpc) is 2.00. The molecule has 0 bridgehead atoms. The van der Waals surface area contributed by atoms with Crippen LogP contribution in [-0.4, -0.2) is 42.7 Å². The minimum absolute atomic E-state index is 0.522. The molecule has 0 saturated heterocycles. The molecule has 1 unspecified atom stereocenters. The second kappa shape index (κ2) is 5.13. The van der Waals surface area contributed by atoms with Gasteiger partial charge in [0.15, 0.2) is 0 Å². The van der Waals surface area contributed by atoms with E-state index in [1.54, 1.807) is 6.92 Å². The third-order valence-corrected chi connectivity index (χ3v) is 10.4. The Bertz CT molecular complexity index is 258. The van der Waals surface area contributed by atoms with Gasteiger partial charge in [-0.2, -0.15) is 0 Å². The fourth-order valence-corrected chi connectivity index (χ4v) is 5.43. The highest BCUT2D eigenvalue weighted by Gasteiger charge is 2.47. The SMILES string of the molecule is C[SiH2]O[Si](C)(C)OC(=O)C(C)(O)[Si](C)(C)C. The fourth-order valence-electron chi connectivity index (χ4n) is 1.01. The number of carbonyl (C=O) groups is 1. The lowest BCUT2D eigenvalue weighted by molar-refractivity contribution is -0.148. The maximum atomic E-state index is 11.9. The number of aliphatic hydroxyl groups is 1. The van der Waals surface area contributed by atoms with E-state index in [1.807, 2.05) is 39.3 Å². The van der Waals surface area contributed by atoms with Gasteiger partial charge in [-0.3, -0.25) is 4.79 Å². The lowest BCUT2D eigenvalue weighted by Gasteiger charge is -2.35. The third kappa shape index (κ3) is 4.13. The molecule has 0 spiro atoms. The zero-order chi connectivity index (χ0) is 13.2. The highest BCUT2D eigenvalue weighted by molar-refractivity contribution is 6.82. The van der Waals surface area contributed by atoms with Gasteiger partial charge in [0, 0.05) is 0 Å². The molecule has 16 heavy (non-hydrogen) atoms. The van der Waals surface area contributed by atoms with Crippen LogP contribution in [0.4, 0.5) is 0 Å². The van der Waals surface area contributed by atoms with E-state index in [2.05, 4.69) is 0 Å². The molecular weight excluding hydrogens is 256 g/mol. The Morgan fingerprint density at radius 1 is 1.25 bits per heavy atom. The van der Waals surface area contributed by atoms with Gasteiger partial charge in [-0.15, -0.1) is 0 Å². The first-order chi connectivity index (χ1) is 6.94. The summed E-state index contributed by atoms with van der Waals surface area (Å²) in [4.78, 5) is 11.9. The molecule has 0 radical (unpaired) electrons. The lowest BCUT2D eigenvalue weighted by Crippen LogP contribution is -2.58. The van der Waals surface area contributed by atoms with Crippen molar-refractivity contribution in [3.8, 4) is 0 Å². The van der Waals surface area contributed by atoms with Gasteiger partial charge in [0.2, 0.25) is 0 Å². The second-order valence-corrected chi connectivity index (χ2v) is 15.8. The van der Waals surface area contributed by atoms with E-state index in [9.17, 15) is 9.90 Å². The normalized spacial score (nSPS) is 17.5. The summed E-state index contributed by atoms with van der Waals surface area (Å²) in [5.41, 5.74) is 0. The van der Waals surface area contributed by atoms with E-state index >= 15 is 0 Å². The molecule has 0 fully saturated rings. The van der Waals surface area contributed by atoms with E-state index in [0.717, 1.165) is 0 Å². The van der Waals surface area contributed by atoms with Crippen LogP contribution in [-0.2, 0) is 13.3 Å². The van der Waals surface area contributed by atoms with Crippen LogP contribution >= 0.6 is 0 Å². The first-order valence-corrected chi connectivity index (χ1v) is 13.8. The first kappa shape index (κ1) is 16.0. The number of rotatable bonds is 5. The summed E-state index contributed by atoms with van der Waals surface area (Å²) < 4.78 is 10.9. The predicted molar refractivity (Wildman–Crippen MR) is 73.0 cm³/mol. The Balaban J connectivity index is 4.71. The summed E-state index contributed by atoms with van der Waals surface area (Å²) in [7, 11) is -4.99. The van der Waals surface area contributed by atoms with Crippen LogP contribution in [0.3, 0.4) is 0 Å². The number of carbonyl (C=O) groups excluding carboxylic acids is 1.